The largest absolute Gasteiger partial charge is 0.378 e. The van der Waals surface area contributed by atoms with Crippen molar-refractivity contribution < 1.29 is 14.3 Å². The standard InChI is InChI=1S/C26H27N9O3/c36-22-7-9-34(10-8-27-22)24(37)17-3-1-4-18(15-17)29-25-30-23(19-5-2-6-21-20(19)16-28-33-21)31-26(32-25)35-11-13-38-14-12-35/h1-6,15-16H,7-14H2,(H,27,36)(H,28,33)(H,29,30,31,32). The van der Waals surface area contributed by atoms with Crippen LogP contribution in [0.15, 0.2) is 48.7 Å². The maximum Gasteiger partial charge on any atom is 0.254 e. The van der Waals surface area contributed by atoms with Gasteiger partial charge in [-0.05, 0) is 24.3 Å². The average molecular weight is 514 g/mol. The summed E-state index contributed by atoms with van der Waals surface area (Å²) in [5.74, 6) is 1.28. The molecule has 0 atom stereocenters. The van der Waals surface area contributed by atoms with Crippen molar-refractivity contribution in [3.63, 3.8) is 0 Å². The van der Waals surface area contributed by atoms with Crippen LogP contribution in [-0.2, 0) is 9.53 Å². The highest BCUT2D eigenvalue weighted by molar-refractivity contribution is 5.96. The summed E-state index contributed by atoms with van der Waals surface area (Å²) in [7, 11) is 0. The number of hydrogen-bond donors (Lipinski definition) is 3. The SMILES string of the molecule is O=C1CCN(C(=O)c2cccc(Nc3nc(-c4cccc5[nH]ncc45)nc(N4CCOCC4)n3)c2)CCN1. The van der Waals surface area contributed by atoms with Gasteiger partial charge in [-0.3, -0.25) is 14.7 Å². The van der Waals surface area contributed by atoms with E-state index in [4.69, 9.17) is 19.7 Å². The minimum absolute atomic E-state index is 0.0384. The van der Waals surface area contributed by atoms with Gasteiger partial charge in [0.05, 0.1) is 24.9 Å². The number of rotatable bonds is 5. The third-order valence-corrected chi connectivity index (χ3v) is 6.61. The molecule has 12 nitrogen and oxygen atoms in total. The summed E-state index contributed by atoms with van der Waals surface area (Å²) >= 11 is 0. The van der Waals surface area contributed by atoms with Gasteiger partial charge in [0.25, 0.3) is 5.91 Å². The Kier molecular flexibility index (Phi) is 6.53. The van der Waals surface area contributed by atoms with Gasteiger partial charge in [-0.2, -0.15) is 20.1 Å². The molecule has 194 valence electrons. The molecule has 4 heterocycles. The number of ether oxygens (including phenoxy) is 1. The molecule has 0 radical (unpaired) electrons. The number of amides is 2. The summed E-state index contributed by atoms with van der Waals surface area (Å²) in [4.78, 5) is 42.8. The van der Waals surface area contributed by atoms with E-state index in [-0.39, 0.29) is 11.8 Å². The van der Waals surface area contributed by atoms with Gasteiger partial charge in [-0.15, -0.1) is 0 Å². The van der Waals surface area contributed by atoms with Crippen LogP contribution in [0.1, 0.15) is 16.8 Å². The fourth-order valence-electron chi connectivity index (χ4n) is 4.62. The van der Waals surface area contributed by atoms with Gasteiger partial charge < -0.3 is 25.2 Å². The number of fused-ring (bicyclic) bond motifs is 1. The van der Waals surface area contributed by atoms with Crippen molar-refractivity contribution in [2.45, 2.75) is 6.42 Å². The molecule has 0 aliphatic carbocycles. The van der Waals surface area contributed by atoms with Gasteiger partial charge in [0.2, 0.25) is 17.8 Å². The number of nitrogens with zero attached hydrogens (tertiary/aromatic N) is 6. The van der Waals surface area contributed by atoms with Gasteiger partial charge in [0, 0.05) is 61.3 Å². The number of benzene rings is 2. The first-order chi connectivity index (χ1) is 18.6. The Balaban J connectivity index is 1.32. The molecule has 0 saturated carbocycles. The molecule has 2 fully saturated rings. The zero-order valence-corrected chi connectivity index (χ0v) is 20.7. The van der Waals surface area contributed by atoms with Crippen LogP contribution >= 0.6 is 0 Å². The van der Waals surface area contributed by atoms with Crippen molar-refractivity contribution in [3.05, 3.63) is 54.2 Å². The predicted molar refractivity (Wildman–Crippen MR) is 141 cm³/mol. The molecule has 2 aromatic heterocycles. The van der Waals surface area contributed by atoms with Crippen molar-refractivity contribution in [3.8, 4) is 11.4 Å². The molecule has 0 bridgehead atoms. The first kappa shape index (κ1) is 23.8. The lowest BCUT2D eigenvalue weighted by molar-refractivity contribution is -0.120. The lowest BCUT2D eigenvalue weighted by Crippen LogP contribution is -2.37. The van der Waals surface area contributed by atoms with Crippen molar-refractivity contribution in [2.24, 2.45) is 0 Å². The molecule has 2 aliphatic rings. The van der Waals surface area contributed by atoms with Gasteiger partial charge in [-0.1, -0.05) is 18.2 Å². The van der Waals surface area contributed by atoms with Gasteiger partial charge in [0.15, 0.2) is 5.82 Å². The maximum absolute atomic E-state index is 13.2. The number of aromatic amines is 1. The van der Waals surface area contributed by atoms with Crippen molar-refractivity contribution in [1.82, 2.24) is 35.4 Å². The molecule has 38 heavy (non-hydrogen) atoms. The second-order valence-electron chi connectivity index (χ2n) is 9.12. The van der Waals surface area contributed by atoms with Crippen LogP contribution in [0.25, 0.3) is 22.3 Å². The minimum Gasteiger partial charge on any atom is -0.378 e. The molecule has 3 N–H and O–H groups in total. The number of anilines is 3. The van der Waals surface area contributed by atoms with Crippen molar-refractivity contribution >= 4 is 40.3 Å². The number of H-pyrrole nitrogens is 1. The number of nitrogens with one attached hydrogen (secondary N) is 3. The molecule has 4 aromatic rings. The Morgan fingerprint density at radius 1 is 1.00 bits per heavy atom. The number of carbonyl (C=O) groups excluding carboxylic acids is 2. The molecule has 2 amide bonds. The summed E-state index contributed by atoms with van der Waals surface area (Å²) in [6, 6.07) is 13.1. The monoisotopic (exact) mass is 513 g/mol. The van der Waals surface area contributed by atoms with Crippen molar-refractivity contribution in [2.75, 3.05) is 56.2 Å². The lowest BCUT2D eigenvalue weighted by atomic mass is 10.1. The zero-order chi connectivity index (χ0) is 25.9. The summed E-state index contributed by atoms with van der Waals surface area (Å²) in [5.41, 5.74) is 2.92. The first-order valence-corrected chi connectivity index (χ1v) is 12.6. The average Bonchev–Trinajstić information content (AvgIpc) is 3.34. The second-order valence-corrected chi connectivity index (χ2v) is 9.12. The molecule has 12 heteroatoms. The summed E-state index contributed by atoms with van der Waals surface area (Å²) < 4.78 is 5.51. The quantitative estimate of drug-likeness (QED) is 0.365. The van der Waals surface area contributed by atoms with Crippen LogP contribution in [0.2, 0.25) is 0 Å². The Morgan fingerprint density at radius 2 is 1.87 bits per heavy atom. The number of hydrogen-bond acceptors (Lipinski definition) is 9. The Labute approximate surface area is 218 Å². The minimum atomic E-state index is -0.123. The van der Waals surface area contributed by atoms with E-state index in [1.165, 1.54) is 0 Å². The molecule has 2 saturated heterocycles. The van der Waals surface area contributed by atoms with Gasteiger partial charge in [0.1, 0.15) is 0 Å². The third kappa shape index (κ3) is 4.98. The fourth-order valence-corrected chi connectivity index (χ4v) is 4.62. The summed E-state index contributed by atoms with van der Waals surface area (Å²) in [6.45, 7) is 3.87. The maximum atomic E-state index is 13.2. The van der Waals surface area contributed by atoms with E-state index in [1.807, 2.05) is 30.3 Å². The van der Waals surface area contributed by atoms with E-state index >= 15 is 0 Å². The van der Waals surface area contributed by atoms with Crippen LogP contribution < -0.4 is 15.5 Å². The number of morpholine rings is 1. The predicted octanol–water partition coefficient (Wildman–Crippen LogP) is 1.96. The van der Waals surface area contributed by atoms with Gasteiger partial charge >= 0.3 is 0 Å². The fraction of sp³-hybridized carbons (Fsp3) is 0.308. The summed E-state index contributed by atoms with van der Waals surface area (Å²) in [5, 5.41) is 14.1. The Morgan fingerprint density at radius 3 is 2.76 bits per heavy atom. The first-order valence-electron chi connectivity index (χ1n) is 12.6. The Hall–Kier alpha value is -4.58. The second kappa shape index (κ2) is 10.4. The number of carbonyl (C=O) groups is 2. The van der Waals surface area contributed by atoms with Crippen LogP contribution in [0.4, 0.5) is 17.6 Å². The lowest BCUT2D eigenvalue weighted by Gasteiger charge is -2.27. The van der Waals surface area contributed by atoms with Crippen molar-refractivity contribution in [1.29, 1.82) is 0 Å². The topological polar surface area (TPSA) is 141 Å². The van der Waals surface area contributed by atoms with Crippen LogP contribution in [-0.4, -0.2) is 87.8 Å². The highest BCUT2D eigenvalue weighted by Crippen LogP contribution is 2.28. The highest BCUT2D eigenvalue weighted by atomic mass is 16.5. The van der Waals surface area contributed by atoms with E-state index in [9.17, 15) is 9.59 Å². The molecule has 6 rings (SSSR count). The molecule has 0 spiro atoms. The van der Waals surface area contributed by atoms with Gasteiger partial charge in [-0.25, -0.2) is 0 Å². The van der Waals surface area contributed by atoms with E-state index in [0.717, 1.165) is 16.5 Å². The van der Waals surface area contributed by atoms with Crippen LogP contribution in [0, 0.1) is 0 Å². The molecular formula is C26H27N9O3. The normalized spacial score (nSPS) is 16.3. The van der Waals surface area contributed by atoms with E-state index in [1.54, 1.807) is 23.2 Å². The van der Waals surface area contributed by atoms with E-state index < -0.39 is 0 Å². The molecular weight excluding hydrogens is 486 g/mol. The van der Waals surface area contributed by atoms with E-state index in [2.05, 4.69) is 25.7 Å². The summed E-state index contributed by atoms with van der Waals surface area (Å²) in [6.07, 6.45) is 2.06. The van der Waals surface area contributed by atoms with E-state index in [0.29, 0.717) is 81.3 Å². The Bertz CT molecular complexity index is 1480. The third-order valence-electron chi connectivity index (χ3n) is 6.61. The molecule has 0 unspecified atom stereocenters. The van der Waals surface area contributed by atoms with Crippen LogP contribution in [0.5, 0.6) is 0 Å². The molecule has 2 aliphatic heterocycles. The zero-order valence-electron chi connectivity index (χ0n) is 20.7. The molecule has 2 aromatic carbocycles. The van der Waals surface area contributed by atoms with Crippen LogP contribution in [0.3, 0.4) is 0 Å². The number of aromatic nitrogens is 5. The highest BCUT2D eigenvalue weighted by Gasteiger charge is 2.21. The smallest absolute Gasteiger partial charge is 0.254 e.